The van der Waals surface area contributed by atoms with Crippen molar-refractivity contribution in [1.82, 2.24) is 0 Å². The van der Waals surface area contributed by atoms with Crippen molar-refractivity contribution in [3.05, 3.63) is 29.3 Å². The predicted molar refractivity (Wildman–Crippen MR) is 77.5 cm³/mol. The Morgan fingerprint density at radius 3 is 2.45 bits per heavy atom. The third-order valence-corrected chi connectivity index (χ3v) is 2.48. The molecule has 0 aromatic heterocycles. The number of carbonyl (C=O) groups excluding carboxylic acids is 2. The minimum absolute atomic E-state index is 0.00593. The highest BCUT2D eigenvalue weighted by Gasteiger charge is 2.13. The average Bonchev–Trinajstić information content (AvgIpc) is 2.37. The molecule has 1 rings (SSSR count). The molecule has 0 unspecified atom stereocenters. The van der Waals surface area contributed by atoms with Crippen LogP contribution < -0.4 is 10.7 Å². The summed E-state index contributed by atoms with van der Waals surface area (Å²) in [4.78, 5) is 22.9. The number of halogens is 1. The van der Waals surface area contributed by atoms with Gasteiger partial charge >= 0.3 is 5.97 Å². The summed E-state index contributed by atoms with van der Waals surface area (Å²) in [6.07, 6.45) is -0.175. The Hall–Kier alpha value is -2.08. The average molecular weight is 298 g/mol. The van der Waals surface area contributed by atoms with Gasteiger partial charge in [0.15, 0.2) is 0 Å². The number of hydrazone groups is 1. The van der Waals surface area contributed by atoms with Gasteiger partial charge in [0.05, 0.1) is 12.3 Å². The molecule has 0 aliphatic rings. The molecule has 0 spiro atoms. The topological polar surface area (TPSA) is 85.0 Å². The first kappa shape index (κ1) is 16.0. The molecule has 0 aliphatic heterocycles. The molecule has 20 heavy (non-hydrogen) atoms. The zero-order valence-electron chi connectivity index (χ0n) is 11.3. The maximum Gasteiger partial charge on any atom is 0.313 e. The molecule has 0 atom stereocenters. The van der Waals surface area contributed by atoms with Gasteiger partial charge in [0, 0.05) is 11.9 Å². The summed E-state index contributed by atoms with van der Waals surface area (Å²) in [5, 5.41) is 5.58. The van der Waals surface area contributed by atoms with Crippen molar-refractivity contribution in [1.29, 1.82) is 0 Å². The highest BCUT2D eigenvalue weighted by atomic mass is 35.5. The number of nitrogens with two attached hydrogens (primary N) is 1. The van der Waals surface area contributed by atoms with Crippen molar-refractivity contribution >= 4 is 35.0 Å². The maximum atomic E-state index is 11.6. The molecule has 0 heterocycles. The first-order chi connectivity index (χ1) is 9.43. The van der Waals surface area contributed by atoms with Gasteiger partial charge in [-0.2, -0.15) is 10.1 Å². The molecule has 6 nitrogen and oxygen atoms in total. The van der Waals surface area contributed by atoms with Crippen LogP contribution >= 0.6 is 11.6 Å². The highest BCUT2D eigenvalue weighted by Crippen LogP contribution is 2.18. The minimum Gasteiger partial charge on any atom is -0.466 e. The molecule has 2 N–H and O–H groups in total. The Kier molecular flexibility index (Phi) is 5.99. The highest BCUT2D eigenvalue weighted by molar-refractivity contribution is 6.30. The molecule has 0 radical (unpaired) electrons. The van der Waals surface area contributed by atoms with Crippen molar-refractivity contribution in [2.24, 2.45) is 10.8 Å². The summed E-state index contributed by atoms with van der Waals surface area (Å²) in [7, 11) is 0. The Morgan fingerprint density at radius 1 is 1.35 bits per heavy atom. The van der Waals surface area contributed by atoms with Gasteiger partial charge in [-0.1, -0.05) is 11.6 Å². The van der Waals surface area contributed by atoms with E-state index in [1.807, 2.05) is 0 Å². The zero-order chi connectivity index (χ0) is 15.1. The number of ether oxygens (including phenoxy) is 1. The molecular formula is C13H16ClN3O3. The van der Waals surface area contributed by atoms with E-state index < -0.39 is 5.97 Å². The number of nitrogens with zero attached hydrogens (tertiary/aromatic N) is 2. The second kappa shape index (κ2) is 7.49. The van der Waals surface area contributed by atoms with Gasteiger partial charge in [0.25, 0.3) is 0 Å². The second-order valence-electron chi connectivity index (χ2n) is 3.88. The fourth-order valence-corrected chi connectivity index (χ4v) is 1.54. The van der Waals surface area contributed by atoms with E-state index in [-0.39, 0.29) is 24.8 Å². The van der Waals surface area contributed by atoms with Gasteiger partial charge in [-0.25, -0.2) is 0 Å². The third-order valence-electron chi connectivity index (χ3n) is 2.23. The monoisotopic (exact) mass is 297 g/mol. The first-order valence-electron chi connectivity index (χ1n) is 5.99. The lowest BCUT2D eigenvalue weighted by atomic mass is 10.3. The lowest BCUT2D eigenvalue weighted by molar-refractivity contribution is -0.141. The van der Waals surface area contributed by atoms with E-state index in [1.165, 1.54) is 6.92 Å². The number of amidine groups is 1. The van der Waals surface area contributed by atoms with Gasteiger partial charge in [0.2, 0.25) is 5.91 Å². The number of hydrogen-bond donors (Lipinski definition) is 1. The standard InChI is InChI=1S/C13H16ClN3O3/c1-3-20-13(19)8-12(15)16-17(9(2)18)11-6-4-10(14)5-7-11/h4-7H,3,8H2,1-2H3,(H2,15,16). The summed E-state index contributed by atoms with van der Waals surface area (Å²) < 4.78 is 4.76. The third kappa shape index (κ3) is 4.89. The molecule has 1 amide bonds. The van der Waals surface area contributed by atoms with E-state index in [0.29, 0.717) is 10.7 Å². The van der Waals surface area contributed by atoms with Crippen molar-refractivity contribution in [2.75, 3.05) is 11.6 Å². The van der Waals surface area contributed by atoms with E-state index in [1.54, 1.807) is 31.2 Å². The summed E-state index contributed by atoms with van der Waals surface area (Å²) in [6, 6.07) is 6.52. The number of carbonyl (C=O) groups is 2. The number of benzene rings is 1. The van der Waals surface area contributed by atoms with Crippen LogP contribution in [0.2, 0.25) is 5.02 Å². The Bertz CT molecular complexity index is 514. The predicted octanol–water partition coefficient (Wildman–Crippen LogP) is 1.92. The number of hydrogen-bond acceptors (Lipinski definition) is 4. The fourth-order valence-electron chi connectivity index (χ4n) is 1.42. The van der Waals surface area contributed by atoms with Gasteiger partial charge in [-0.05, 0) is 31.2 Å². The lowest BCUT2D eigenvalue weighted by Gasteiger charge is -2.16. The fraction of sp³-hybridized carbons (Fsp3) is 0.308. The molecule has 1 aromatic carbocycles. The normalized spacial score (nSPS) is 11.1. The van der Waals surface area contributed by atoms with Crippen LogP contribution in [0.15, 0.2) is 29.4 Å². The lowest BCUT2D eigenvalue weighted by Crippen LogP contribution is -2.28. The van der Waals surface area contributed by atoms with Crippen LogP contribution in [0, 0.1) is 0 Å². The molecule has 0 aliphatic carbocycles. The largest absolute Gasteiger partial charge is 0.466 e. The van der Waals surface area contributed by atoms with Crippen molar-refractivity contribution in [3.63, 3.8) is 0 Å². The Labute approximate surface area is 122 Å². The number of amides is 1. The van der Waals surface area contributed by atoms with Crippen molar-refractivity contribution < 1.29 is 14.3 Å². The summed E-state index contributed by atoms with van der Waals surface area (Å²) >= 11 is 5.78. The van der Waals surface area contributed by atoms with Gasteiger partial charge in [0.1, 0.15) is 12.3 Å². The Balaban J connectivity index is 2.89. The minimum atomic E-state index is -0.492. The Morgan fingerprint density at radius 2 is 1.95 bits per heavy atom. The quantitative estimate of drug-likeness (QED) is 0.389. The van der Waals surface area contributed by atoms with Crippen molar-refractivity contribution in [2.45, 2.75) is 20.3 Å². The van der Waals surface area contributed by atoms with E-state index in [4.69, 9.17) is 22.1 Å². The van der Waals surface area contributed by atoms with Crippen LogP contribution in [-0.2, 0) is 14.3 Å². The summed E-state index contributed by atoms with van der Waals surface area (Å²) in [5.74, 6) is -0.832. The number of esters is 1. The molecule has 1 aromatic rings. The second-order valence-corrected chi connectivity index (χ2v) is 4.32. The molecular weight excluding hydrogens is 282 g/mol. The molecule has 108 valence electrons. The van der Waals surface area contributed by atoms with Gasteiger partial charge in [-0.15, -0.1) is 0 Å². The number of anilines is 1. The molecule has 0 saturated heterocycles. The van der Waals surface area contributed by atoms with Crippen molar-refractivity contribution in [3.8, 4) is 0 Å². The first-order valence-corrected chi connectivity index (χ1v) is 6.36. The SMILES string of the molecule is CCOC(=O)C/C(N)=N/N(C(C)=O)c1ccc(Cl)cc1. The zero-order valence-corrected chi connectivity index (χ0v) is 12.1. The maximum absolute atomic E-state index is 11.6. The number of rotatable bonds is 5. The van der Waals surface area contributed by atoms with Crippen LogP contribution in [0.25, 0.3) is 0 Å². The van der Waals surface area contributed by atoms with E-state index in [0.717, 1.165) is 5.01 Å². The van der Waals surface area contributed by atoms with Crippen LogP contribution in [-0.4, -0.2) is 24.3 Å². The smallest absolute Gasteiger partial charge is 0.313 e. The molecule has 0 saturated carbocycles. The summed E-state index contributed by atoms with van der Waals surface area (Å²) in [5.41, 5.74) is 6.15. The van der Waals surface area contributed by atoms with Gasteiger partial charge in [-0.3, -0.25) is 9.59 Å². The van der Waals surface area contributed by atoms with E-state index >= 15 is 0 Å². The molecule has 0 fully saturated rings. The van der Waals surface area contributed by atoms with Crippen LogP contribution in [0.1, 0.15) is 20.3 Å². The van der Waals surface area contributed by atoms with Crippen LogP contribution in [0.5, 0.6) is 0 Å². The van der Waals surface area contributed by atoms with Crippen LogP contribution in [0.3, 0.4) is 0 Å². The van der Waals surface area contributed by atoms with Crippen LogP contribution in [0.4, 0.5) is 5.69 Å². The molecule has 0 bridgehead atoms. The van der Waals surface area contributed by atoms with Gasteiger partial charge < -0.3 is 10.5 Å². The van der Waals surface area contributed by atoms with E-state index in [2.05, 4.69) is 5.10 Å². The van der Waals surface area contributed by atoms with E-state index in [9.17, 15) is 9.59 Å². The summed E-state index contributed by atoms with van der Waals surface area (Å²) in [6.45, 7) is 3.30. The molecule has 7 heteroatoms.